The van der Waals surface area contributed by atoms with Gasteiger partial charge >= 0.3 is 0 Å². The number of aryl methyl sites for hydroxylation is 1. The van der Waals surface area contributed by atoms with E-state index in [1.54, 1.807) is 0 Å². The fourth-order valence-corrected chi connectivity index (χ4v) is 7.10. The van der Waals surface area contributed by atoms with Crippen LogP contribution in [0.25, 0.3) is 32.8 Å². The van der Waals surface area contributed by atoms with Gasteiger partial charge in [-0.1, -0.05) is 63.6 Å². The third kappa shape index (κ3) is 3.31. The summed E-state index contributed by atoms with van der Waals surface area (Å²) in [5.74, 6) is 2.47. The molecule has 34 heavy (non-hydrogen) atoms. The van der Waals surface area contributed by atoms with E-state index in [4.69, 9.17) is 1.37 Å². The molecule has 0 amide bonds. The molecule has 0 saturated heterocycles. The highest BCUT2D eigenvalue weighted by atomic mass is 14.9. The standard InChI is InChI=1S/C33H38N/c1-20-15-25-18-24(30-17-22-11-12-23(30)16-22)13-14-27(25)32(34(20)6)29-19-31(33(3,4)5)28-10-8-7-9-26(28)21(29)2/h7-10,13-15,18-19,22-23,30H,11-12,16-17H2,1-6H3/q+1/i15D. The van der Waals surface area contributed by atoms with E-state index in [1.807, 2.05) is 0 Å². The lowest BCUT2D eigenvalue weighted by atomic mass is 9.80. The molecule has 3 atom stereocenters. The van der Waals surface area contributed by atoms with Crippen LogP contribution in [-0.4, -0.2) is 0 Å². The van der Waals surface area contributed by atoms with Gasteiger partial charge in [0.2, 0.25) is 5.69 Å². The number of aromatic nitrogens is 1. The van der Waals surface area contributed by atoms with E-state index < -0.39 is 0 Å². The van der Waals surface area contributed by atoms with Gasteiger partial charge in [0.15, 0.2) is 5.69 Å². The summed E-state index contributed by atoms with van der Waals surface area (Å²) in [6.07, 6.45) is 5.57. The maximum atomic E-state index is 9.07. The van der Waals surface area contributed by atoms with Gasteiger partial charge in [-0.3, -0.25) is 0 Å². The van der Waals surface area contributed by atoms with Gasteiger partial charge in [-0.25, -0.2) is 0 Å². The van der Waals surface area contributed by atoms with Crippen molar-refractivity contribution in [2.24, 2.45) is 18.9 Å². The third-order valence-corrected chi connectivity index (χ3v) is 9.00. The van der Waals surface area contributed by atoms with Crippen molar-refractivity contribution in [3.05, 3.63) is 77.0 Å². The Hall–Kier alpha value is -2.67. The molecule has 0 aliphatic heterocycles. The predicted octanol–water partition coefficient (Wildman–Crippen LogP) is 8.30. The highest BCUT2D eigenvalue weighted by molar-refractivity contribution is 6.00. The van der Waals surface area contributed by atoms with Crippen LogP contribution >= 0.6 is 0 Å². The minimum atomic E-state index is 0.0375. The molecule has 1 aromatic heterocycles. The molecule has 2 fully saturated rings. The predicted molar refractivity (Wildman–Crippen MR) is 144 cm³/mol. The first-order chi connectivity index (χ1) is 16.6. The summed E-state index contributed by atoms with van der Waals surface area (Å²) in [5.41, 5.74) is 7.76. The molecule has 6 rings (SSSR count). The second-order valence-corrected chi connectivity index (χ2v) is 12.1. The van der Waals surface area contributed by atoms with E-state index in [9.17, 15) is 0 Å². The molecule has 1 heteroatoms. The number of hydrogen-bond acceptors (Lipinski definition) is 0. The van der Waals surface area contributed by atoms with Crippen LogP contribution in [0.15, 0.2) is 54.6 Å². The number of pyridine rings is 1. The lowest BCUT2D eigenvalue weighted by Crippen LogP contribution is -2.35. The average molecular weight is 450 g/mol. The Balaban J connectivity index is 1.63. The molecule has 3 unspecified atom stereocenters. The van der Waals surface area contributed by atoms with Crippen molar-refractivity contribution in [2.75, 3.05) is 0 Å². The highest BCUT2D eigenvalue weighted by Crippen LogP contribution is 2.53. The molecule has 2 aliphatic rings. The summed E-state index contributed by atoms with van der Waals surface area (Å²) in [6, 6.07) is 19.0. The Morgan fingerprint density at radius 3 is 2.35 bits per heavy atom. The fraction of sp³-hybridized carbons (Fsp3) is 0.424. The van der Waals surface area contributed by atoms with Crippen molar-refractivity contribution in [3.8, 4) is 11.3 Å². The Kier molecular flexibility index (Phi) is 4.66. The number of hydrogen-bond donors (Lipinski definition) is 0. The van der Waals surface area contributed by atoms with Crippen LogP contribution in [0.1, 0.15) is 76.1 Å². The van der Waals surface area contributed by atoms with Crippen molar-refractivity contribution in [2.45, 2.75) is 71.6 Å². The summed E-state index contributed by atoms with van der Waals surface area (Å²) in [4.78, 5) is 0. The van der Waals surface area contributed by atoms with E-state index >= 15 is 0 Å². The van der Waals surface area contributed by atoms with Crippen LogP contribution < -0.4 is 4.57 Å². The number of benzene rings is 3. The Morgan fingerprint density at radius 2 is 1.68 bits per heavy atom. The number of fused-ring (bicyclic) bond motifs is 4. The molecular formula is C33H38N+. The summed E-state index contributed by atoms with van der Waals surface area (Å²) in [7, 11) is 2.14. The molecule has 0 N–H and O–H groups in total. The van der Waals surface area contributed by atoms with Gasteiger partial charge in [-0.05, 0) is 94.3 Å². The SMILES string of the molecule is [2H]c1c(C)[n+](C)c(-c2cc(C(C)(C)C)c3ccccc3c2C)c2ccc(C3CC4CCC3C4)cc12. The minimum Gasteiger partial charge on any atom is -0.198 e. The zero-order chi connectivity index (χ0) is 24.6. The summed E-state index contributed by atoms with van der Waals surface area (Å²) in [6.45, 7) is 11.3. The molecule has 1 heterocycles. The molecule has 2 aliphatic carbocycles. The summed E-state index contributed by atoms with van der Waals surface area (Å²) in [5, 5.41) is 4.99. The van der Waals surface area contributed by atoms with Crippen molar-refractivity contribution in [3.63, 3.8) is 0 Å². The molecule has 174 valence electrons. The molecule has 4 aromatic rings. The Bertz CT molecular complexity index is 1490. The van der Waals surface area contributed by atoms with Crippen molar-refractivity contribution in [1.82, 2.24) is 0 Å². The van der Waals surface area contributed by atoms with Crippen molar-refractivity contribution in [1.29, 1.82) is 0 Å². The zero-order valence-corrected chi connectivity index (χ0v) is 21.6. The maximum absolute atomic E-state index is 9.07. The maximum Gasteiger partial charge on any atom is 0.220 e. The lowest BCUT2D eigenvalue weighted by molar-refractivity contribution is -0.665. The lowest BCUT2D eigenvalue weighted by Gasteiger charge is -2.24. The Labute approximate surface area is 206 Å². The molecule has 0 spiro atoms. The van der Waals surface area contributed by atoms with Crippen LogP contribution in [0, 0.1) is 25.7 Å². The number of rotatable bonds is 2. The number of nitrogens with zero attached hydrogens (tertiary/aromatic N) is 1. The van der Waals surface area contributed by atoms with Crippen LogP contribution in [0.4, 0.5) is 0 Å². The summed E-state index contributed by atoms with van der Waals surface area (Å²) >= 11 is 0. The van der Waals surface area contributed by atoms with Crippen LogP contribution in [0.5, 0.6) is 0 Å². The van der Waals surface area contributed by atoms with E-state index in [-0.39, 0.29) is 5.41 Å². The smallest absolute Gasteiger partial charge is 0.198 e. The highest BCUT2D eigenvalue weighted by Gasteiger charge is 2.40. The normalized spacial score (nSPS) is 22.6. The topological polar surface area (TPSA) is 3.88 Å². The van der Waals surface area contributed by atoms with Gasteiger partial charge < -0.3 is 0 Å². The van der Waals surface area contributed by atoms with Crippen LogP contribution in [0.2, 0.25) is 0 Å². The molecule has 0 radical (unpaired) electrons. The van der Waals surface area contributed by atoms with Gasteiger partial charge in [0, 0.05) is 13.0 Å². The van der Waals surface area contributed by atoms with Gasteiger partial charge in [-0.2, -0.15) is 4.57 Å². The molecule has 3 aromatic carbocycles. The first kappa shape index (κ1) is 20.7. The van der Waals surface area contributed by atoms with Crippen molar-refractivity contribution >= 4 is 21.5 Å². The van der Waals surface area contributed by atoms with Gasteiger partial charge in [0.1, 0.15) is 7.05 Å². The summed E-state index contributed by atoms with van der Waals surface area (Å²) < 4.78 is 11.3. The first-order valence-electron chi connectivity index (χ1n) is 13.6. The van der Waals surface area contributed by atoms with E-state index in [0.717, 1.165) is 22.9 Å². The van der Waals surface area contributed by atoms with Crippen LogP contribution in [-0.2, 0) is 12.5 Å². The molecule has 2 bridgehead atoms. The second kappa shape index (κ2) is 7.67. The van der Waals surface area contributed by atoms with Crippen LogP contribution in [0.3, 0.4) is 0 Å². The fourth-order valence-electron chi connectivity index (χ4n) is 7.10. The Morgan fingerprint density at radius 1 is 0.912 bits per heavy atom. The largest absolute Gasteiger partial charge is 0.220 e. The third-order valence-electron chi connectivity index (χ3n) is 9.00. The average Bonchev–Trinajstić information content (AvgIpc) is 3.47. The van der Waals surface area contributed by atoms with Gasteiger partial charge in [0.05, 0.1) is 12.3 Å². The monoisotopic (exact) mass is 449 g/mol. The van der Waals surface area contributed by atoms with E-state index in [0.29, 0.717) is 12.0 Å². The van der Waals surface area contributed by atoms with Gasteiger partial charge in [0.25, 0.3) is 0 Å². The van der Waals surface area contributed by atoms with E-state index in [1.165, 1.54) is 69.8 Å². The van der Waals surface area contributed by atoms with E-state index in [2.05, 4.69) is 94.8 Å². The zero-order valence-electron chi connectivity index (χ0n) is 22.6. The van der Waals surface area contributed by atoms with Gasteiger partial charge in [-0.15, -0.1) is 0 Å². The second-order valence-electron chi connectivity index (χ2n) is 12.1. The first-order valence-corrected chi connectivity index (χ1v) is 13.1. The van der Waals surface area contributed by atoms with Crippen molar-refractivity contribution < 1.29 is 5.94 Å². The molecular weight excluding hydrogens is 410 g/mol. The molecule has 2 saturated carbocycles. The molecule has 1 nitrogen and oxygen atoms in total. The quantitative estimate of drug-likeness (QED) is 0.271. The minimum absolute atomic E-state index is 0.0375.